The molecule has 2 amide bonds. The maximum absolute atomic E-state index is 13.2. The summed E-state index contributed by atoms with van der Waals surface area (Å²) in [5, 5.41) is 4.81. The largest absolute Gasteiger partial charge is 0.308 e. The monoisotopic (exact) mass is 474 g/mol. The van der Waals surface area contributed by atoms with Crippen molar-refractivity contribution in [3.63, 3.8) is 0 Å². The van der Waals surface area contributed by atoms with Gasteiger partial charge in [0, 0.05) is 16.6 Å². The van der Waals surface area contributed by atoms with Crippen LogP contribution in [0, 0.1) is 5.82 Å². The highest BCUT2D eigenvalue weighted by Gasteiger charge is 2.47. The van der Waals surface area contributed by atoms with Gasteiger partial charge in [0.05, 0.1) is 16.2 Å². The zero-order valence-electron chi connectivity index (χ0n) is 15.3. The van der Waals surface area contributed by atoms with Crippen molar-refractivity contribution in [2.45, 2.75) is 18.6 Å². The van der Waals surface area contributed by atoms with Gasteiger partial charge in [-0.05, 0) is 42.8 Å². The average molecular weight is 475 g/mol. The van der Waals surface area contributed by atoms with E-state index < -0.39 is 0 Å². The molecule has 5 rings (SSSR count). The van der Waals surface area contributed by atoms with Crippen molar-refractivity contribution in [1.82, 2.24) is 15.8 Å². The van der Waals surface area contributed by atoms with Gasteiger partial charge in [-0.15, -0.1) is 0 Å². The Morgan fingerprint density at radius 3 is 2.59 bits per heavy atom. The van der Waals surface area contributed by atoms with Crippen LogP contribution in [-0.4, -0.2) is 28.9 Å². The smallest absolute Gasteiger partial charge is 0.277 e. The minimum Gasteiger partial charge on any atom is -0.308 e. The number of fused-ring (bicyclic) bond motifs is 2. The van der Waals surface area contributed by atoms with Gasteiger partial charge in [-0.1, -0.05) is 39.8 Å². The molecule has 9 heteroatoms. The lowest BCUT2D eigenvalue weighted by molar-refractivity contribution is -0.128. The van der Waals surface area contributed by atoms with Crippen LogP contribution in [0.2, 0.25) is 0 Å². The summed E-state index contributed by atoms with van der Waals surface area (Å²) in [6, 6.07) is 11.8. The Balaban J connectivity index is 1.49. The third-order valence-corrected chi connectivity index (χ3v) is 6.86. The van der Waals surface area contributed by atoms with Crippen LogP contribution >= 0.6 is 27.7 Å². The maximum atomic E-state index is 13.2. The topological polar surface area (TPSA) is 64.7 Å². The summed E-state index contributed by atoms with van der Waals surface area (Å²) in [6.45, 7) is 2.44. The summed E-state index contributed by atoms with van der Waals surface area (Å²) in [6.07, 6.45) is -0.309. The molecule has 2 fully saturated rings. The minimum absolute atomic E-state index is 0.160. The molecule has 0 saturated carbocycles. The molecule has 0 radical (unpaired) electrons. The zero-order chi connectivity index (χ0) is 20.3. The normalized spacial score (nSPS) is 25.8. The molecule has 2 unspecified atom stereocenters. The first-order chi connectivity index (χ1) is 14.0. The van der Waals surface area contributed by atoms with Crippen molar-refractivity contribution in [2.24, 2.45) is 0 Å². The Morgan fingerprint density at radius 1 is 1.14 bits per heavy atom. The molecule has 0 aromatic heterocycles. The fourth-order valence-electron chi connectivity index (χ4n) is 3.81. The van der Waals surface area contributed by atoms with Crippen LogP contribution in [0.4, 0.5) is 10.1 Å². The highest BCUT2D eigenvalue weighted by molar-refractivity contribution is 9.10. The number of nitrogens with zero attached hydrogens (tertiary/aromatic N) is 2. The Labute approximate surface area is 179 Å². The van der Waals surface area contributed by atoms with Crippen molar-refractivity contribution in [3.05, 3.63) is 68.8 Å². The first kappa shape index (κ1) is 18.8. The lowest BCUT2D eigenvalue weighted by Crippen LogP contribution is -2.37. The molecule has 3 aliphatic heterocycles. The second kappa shape index (κ2) is 6.94. The van der Waals surface area contributed by atoms with E-state index in [1.54, 1.807) is 17.0 Å². The van der Waals surface area contributed by atoms with Gasteiger partial charge >= 0.3 is 0 Å². The Hall–Kier alpha value is -2.20. The molecule has 2 N–H and O–H groups in total. The molecule has 2 atom stereocenters. The summed E-state index contributed by atoms with van der Waals surface area (Å²) in [5.41, 5.74) is 5.62. The molecule has 0 spiro atoms. The first-order valence-corrected chi connectivity index (χ1v) is 10.8. The van der Waals surface area contributed by atoms with E-state index in [4.69, 9.17) is 0 Å². The molecule has 6 nitrogen and oxygen atoms in total. The van der Waals surface area contributed by atoms with Crippen molar-refractivity contribution < 1.29 is 14.0 Å². The number of hydrazine groups is 1. The first-order valence-electron chi connectivity index (χ1n) is 9.12. The van der Waals surface area contributed by atoms with Crippen molar-refractivity contribution in [3.8, 4) is 0 Å². The van der Waals surface area contributed by atoms with Crippen LogP contribution < -0.4 is 15.6 Å². The highest BCUT2D eigenvalue weighted by Crippen LogP contribution is 2.47. The van der Waals surface area contributed by atoms with Gasteiger partial charge < -0.3 is 4.90 Å². The SMILES string of the molecule is CCN1C(=O)C(=C2SC3NC(c4ccc(F)cc4)NN3C2=O)c2cc(Br)ccc21. The van der Waals surface area contributed by atoms with Crippen molar-refractivity contribution in [1.29, 1.82) is 0 Å². The second-order valence-corrected chi connectivity index (χ2v) is 8.85. The van der Waals surface area contributed by atoms with Gasteiger partial charge in [-0.2, -0.15) is 0 Å². The van der Waals surface area contributed by atoms with Gasteiger partial charge in [0.2, 0.25) is 0 Å². The number of rotatable bonds is 2. The Bertz CT molecular complexity index is 1070. The number of halogens is 2. The lowest BCUT2D eigenvalue weighted by Gasteiger charge is -2.15. The molecule has 3 heterocycles. The van der Waals surface area contributed by atoms with E-state index >= 15 is 0 Å². The van der Waals surface area contributed by atoms with Gasteiger partial charge in [-0.3, -0.25) is 14.9 Å². The minimum atomic E-state index is -0.348. The third kappa shape index (κ3) is 2.92. The standard InChI is InChI=1S/C20H16BrFN4O2S/c1-2-25-14-8-5-11(21)9-13(14)15(18(25)27)16-19(28)26-20(29-16)23-17(24-26)10-3-6-12(22)7-4-10/h3-9,17,20,23-24H,2H2,1H3. The van der Waals surface area contributed by atoms with Gasteiger partial charge in [0.15, 0.2) is 5.50 Å². The quantitative estimate of drug-likeness (QED) is 0.653. The molecular formula is C20H16BrFN4O2S. The molecule has 148 valence electrons. The number of thioether (sulfide) groups is 1. The van der Waals surface area contributed by atoms with Gasteiger partial charge in [0.25, 0.3) is 11.8 Å². The van der Waals surface area contributed by atoms with Gasteiger partial charge in [-0.25, -0.2) is 14.8 Å². The number of hydrogen-bond acceptors (Lipinski definition) is 5. The number of nitrogens with one attached hydrogen (secondary N) is 2. The number of benzene rings is 2. The van der Waals surface area contributed by atoms with Crippen LogP contribution in [0.15, 0.2) is 51.8 Å². The zero-order valence-corrected chi connectivity index (χ0v) is 17.7. The summed E-state index contributed by atoms with van der Waals surface area (Å²) < 4.78 is 14.0. The number of carbonyl (C=O) groups excluding carboxylic acids is 2. The van der Waals surface area contributed by atoms with Crippen LogP contribution in [0.1, 0.15) is 24.2 Å². The molecule has 0 aliphatic carbocycles. The molecule has 3 aliphatic rings. The number of anilines is 1. The summed E-state index contributed by atoms with van der Waals surface area (Å²) in [7, 11) is 0. The van der Waals surface area contributed by atoms with E-state index in [9.17, 15) is 14.0 Å². The summed E-state index contributed by atoms with van der Waals surface area (Å²) in [5.74, 6) is -0.716. The lowest BCUT2D eigenvalue weighted by atomic mass is 10.1. The predicted octanol–water partition coefficient (Wildman–Crippen LogP) is 3.33. The Kier molecular flexibility index (Phi) is 4.50. The fourth-order valence-corrected chi connectivity index (χ4v) is 5.38. The van der Waals surface area contributed by atoms with Crippen LogP contribution in [0.25, 0.3) is 5.57 Å². The van der Waals surface area contributed by atoms with Crippen LogP contribution in [0.5, 0.6) is 0 Å². The van der Waals surface area contributed by atoms with E-state index in [2.05, 4.69) is 26.7 Å². The molecule has 2 saturated heterocycles. The van der Waals surface area contributed by atoms with Crippen molar-refractivity contribution >= 4 is 50.8 Å². The number of hydrogen-bond donors (Lipinski definition) is 2. The fraction of sp³-hybridized carbons (Fsp3) is 0.200. The number of amides is 2. The highest BCUT2D eigenvalue weighted by atomic mass is 79.9. The van der Waals surface area contributed by atoms with Crippen LogP contribution in [-0.2, 0) is 9.59 Å². The molecule has 0 bridgehead atoms. The van der Waals surface area contributed by atoms with Gasteiger partial charge in [0.1, 0.15) is 12.0 Å². The van der Waals surface area contributed by atoms with E-state index in [0.717, 1.165) is 21.3 Å². The number of carbonyl (C=O) groups is 2. The van der Waals surface area contributed by atoms with E-state index in [-0.39, 0.29) is 29.3 Å². The Morgan fingerprint density at radius 2 is 1.90 bits per heavy atom. The molecule has 2 aromatic rings. The second-order valence-electron chi connectivity index (χ2n) is 6.84. The van der Waals surface area contributed by atoms with E-state index in [1.165, 1.54) is 28.9 Å². The molecule has 2 aromatic carbocycles. The summed E-state index contributed by atoms with van der Waals surface area (Å²) in [4.78, 5) is 28.3. The average Bonchev–Trinajstić information content (AvgIpc) is 3.33. The number of likely N-dealkylation sites (N-methyl/N-ethyl adjacent to an activating group) is 1. The predicted molar refractivity (Wildman–Crippen MR) is 113 cm³/mol. The molecular weight excluding hydrogens is 459 g/mol. The van der Waals surface area contributed by atoms with E-state index in [1.807, 2.05) is 25.1 Å². The maximum Gasteiger partial charge on any atom is 0.277 e. The third-order valence-electron chi connectivity index (χ3n) is 5.18. The van der Waals surface area contributed by atoms with E-state index in [0.29, 0.717) is 17.0 Å². The summed E-state index contributed by atoms with van der Waals surface area (Å²) >= 11 is 4.78. The van der Waals surface area contributed by atoms with Crippen LogP contribution in [0.3, 0.4) is 0 Å². The van der Waals surface area contributed by atoms with Crippen molar-refractivity contribution in [2.75, 3.05) is 11.4 Å². The molecule has 29 heavy (non-hydrogen) atoms.